The van der Waals surface area contributed by atoms with Gasteiger partial charge in [0.2, 0.25) is 5.91 Å². The zero-order valence-corrected chi connectivity index (χ0v) is 13.1. The number of para-hydroxylation sites is 2. The van der Waals surface area contributed by atoms with Crippen LogP contribution in [-0.4, -0.2) is 22.4 Å². The van der Waals surface area contributed by atoms with Gasteiger partial charge in [-0.05, 0) is 30.5 Å². The maximum absolute atomic E-state index is 11.9. The first-order chi connectivity index (χ1) is 11.3. The first-order valence-electron chi connectivity index (χ1n) is 8.05. The minimum Gasteiger partial charge on any atom is -0.356 e. The maximum atomic E-state index is 11.9. The van der Waals surface area contributed by atoms with Crippen LogP contribution in [0.1, 0.15) is 24.2 Å². The number of nitrogens with zero attached hydrogens (tertiary/aromatic N) is 1. The Bertz CT molecular complexity index is 731. The standard InChI is InChI=1S/C19H21N3O/c23-19(20-14-6-9-15-7-2-1-3-8-15)13-12-18-21-16-10-4-5-11-17(16)22-18/h1-5,7-8,10-11H,6,9,12-14H2,(H,20,23)(H,21,22). The summed E-state index contributed by atoms with van der Waals surface area (Å²) in [6.45, 7) is 0.716. The molecule has 0 saturated carbocycles. The highest BCUT2D eigenvalue weighted by molar-refractivity contribution is 5.77. The number of hydrogen-bond acceptors (Lipinski definition) is 2. The van der Waals surface area contributed by atoms with E-state index in [0.29, 0.717) is 19.4 Å². The van der Waals surface area contributed by atoms with Crippen molar-refractivity contribution in [2.75, 3.05) is 6.54 Å². The summed E-state index contributed by atoms with van der Waals surface area (Å²) in [5, 5.41) is 2.98. The lowest BCUT2D eigenvalue weighted by Crippen LogP contribution is -2.25. The largest absolute Gasteiger partial charge is 0.356 e. The van der Waals surface area contributed by atoms with Gasteiger partial charge in [0.05, 0.1) is 11.0 Å². The molecule has 118 valence electrons. The first-order valence-corrected chi connectivity index (χ1v) is 8.05. The van der Waals surface area contributed by atoms with E-state index in [4.69, 9.17) is 0 Å². The van der Waals surface area contributed by atoms with Gasteiger partial charge in [0, 0.05) is 19.4 Å². The summed E-state index contributed by atoms with van der Waals surface area (Å²) in [5.41, 5.74) is 3.28. The summed E-state index contributed by atoms with van der Waals surface area (Å²) < 4.78 is 0. The highest BCUT2D eigenvalue weighted by Crippen LogP contribution is 2.11. The summed E-state index contributed by atoms with van der Waals surface area (Å²) in [6, 6.07) is 18.2. The van der Waals surface area contributed by atoms with Gasteiger partial charge in [0.1, 0.15) is 5.82 Å². The van der Waals surface area contributed by atoms with Gasteiger partial charge >= 0.3 is 0 Å². The molecule has 1 amide bonds. The average Bonchev–Trinajstić information content (AvgIpc) is 3.01. The van der Waals surface area contributed by atoms with Crippen molar-refractivity contribution in [3.63, 3.8) is 0 Å². The molecule has 4 nitrogen and oxygen atoms in total. The second-order valence-electron chi connectivity index (χ2n) is 5.64. The van der Waals surface area contributed by atoms with E-state index in [-0.39, 0.29) is 5.91 Å². The van der Waals surface area contributed by atoms with Crippen LogP contribution in [0.2, 0.25) is 0 Å². The van der Waals surface area contributed by atoms with Crippen LogP contribution < -0.4 is 5.32 Å². The van der Waals surface area contributed by atoms with Crippen molar-refractivity contribution in [2.24, 2.45) is 0 Å². The second-order valence-corrected chi connectivity index (χ2v) is 5.64. The molecule has 23 heavy (non-hydrogen) atoms. The number of carbonyl (C=O) groups is 1. The van der Waals surface area contributed by atoms with Gasteiger partial charge in [-0.1, -0.05) is 42.5 Å². The van der Waals surface area contributed by atoms with Gasteiger partial charge in [0.15, 0.2) is 0 Å². The van der Waals surface area contributed by atoms with Crippen LogP contribution in [0.4, 0.5) is 0 Å². The molecular weight excluding hydrogens is 286 g/mol. The number of imidazole rings is 1. The number of rotatable bonds is 7. The van der Waals surface area contributed by atoms with Gasteiger partial charge in [-0.3, -0.25) is 4.79 Å². The Morgan fingerprint density at radius 3 is 2.61 bits per heavy atom. The lowest BCUT2D eigenvalue weighted by Gasteiger charge is -2.04. The van der Waals surface area contributed by atoms with Crippen molar-refractivity contribution < 1.29 is 4.79 Å². The number of aromatic amines is 1. The summed E-state index contributed by atoms with van der Waals surface area (Å²) in [7, 11) is 0. The summed E-state index contributed by atoms with van der Waals surface area (Å²) in [5.74, 6) is 0.948. The van der Waals surface area contributed by atoms with Crippen molar-refractivity contribution in [1.82, 2.24) is 15.3 Å². The minimum atomic E-state index is 0.0820. The first kappa shape index (κ1) is 15.3. The topological polar surface area (TPSA) is 57.8 Å². The minimum absolute atomic E-state index is 0.0820. The van der Waals surface area contributed by atoms with E-state index in [9.17, 15) is 4.79 Å². The Morgan fingerprint density at radius 1 is 1.00 bits per heavy atom. The lowest BCUT2D eigenvalue weighted by atomic mass is 10.1. The Hall–Kier alpha value is -2.62. The van der Waals surface area contributed by atoms with Crippen LogP contribution in [0.5, 0.6) is 0 Å². The van der Waals surface area contributed by atoms with Crippen LogP contribution in [-0.2, 0) is 17.6 Å². The van der Waals surface area contributed by atoms with E-state index in [2.05, 4.69) is 27.4 Å². The molecule has 3 aromatic rings. The average molecular weight is 307 g/mol. The van der Waals surface area contributed by atoms with Crippen molar-refractivity contribution in [1.29, 1.82) is 0 Å². The summed E-state index contributed by atoms with van der Waals surface area (Å²) >= 11 is 0. The van der Waals surface area contributed by atoms with Gasteiger partial charge < -0.3 is 10.3 Å². The molecule has 0 fully saturated rings. The van der Waals surface area contributed by atoms with E-state index in [1.54, 1.807) is 0 Å². The number of hydrogen-bond donors (Lipinski definition) is 2. The van der Waals surface area contributed by atoms with Crippen LogP contribution in [0.3, 0.4) is 0 Å². The SMILES string of the molecule is O=C(CCc1nc2ccccc2[nH]1)NCCCc1ccccc1. The third-order valence-corrected chi connectivity index (χ3v) is 3.83. The molecular formula is C19H21N3O. The Morgan fingerprint density at radius 2 is 1.78 bits per heavy atom. The second kappa shape index (κ2) is 7.58. The summed E-state index contributed by atoms with van der Waals surface area (Å²) in [4.78, 5) is 19.6. The lowest BCUT2D eigenvalue weighted by molar-refractivity contribution is -0.121. The van der Waals surface area contributed by atoms with Crippen LogP contribution in [0, 0.1) is 0 Å². The maximum Gasteiger partial charge on any atom is 0.220 e. The highest BCUT2D eigenvalue weighted by Gasteiger charge is 2.05. The van der Waals surface area contributed by atoms with E-state index >= 15 is 0 Å². The molecule has 3 rings (SSSR count). The fourth-order valence-electron chi connectivity index (χ4n) is 2.61. The van der Waals surface area contributed by atoms with Crippen LogP contribution in [0.25, 0.3) is 11.0 Å². The van der Waals surface area contributed by atoms with E-state index in [1.807, 2.05) is 42.5 Å². The predicted octanol–water partition coefficient (Wildman–Crippen LogP) is 3.24. The number of amides is 1. The van der Waals surface area contributed by atoms with Crippen molar-refractivity contribution >= 4 is 16.9 Å². The Kier molecular flexibility index (Phi) is 5.04. The number of nitrogens with one attached hydrogen (secondary N) is 2. The third kappa shape index (κ3) is 4.42. The Labute approximate surface area is 136 Å². The molecule has 0 aliphatic carbocycles. The fraction of sp³-hybridized carbons (Fsp3) is 0.263. The molecule has 0 aliphatic rings. The number of aryl methyl sites for hydroxylation is 2. The number of benzene rings is 2. The van der Waals surface area contributed by atoms with Gasteiger partial charge in [0.25, 0.3) is 0 Å². The van der Waals surface area contributed by atoms with Gasteiger partial charge in [-0.25, -0.2) is 4.98 Å². The smallest absolute Gasteiger partial charge is 0.220 e. The molecule has 0 radical (unpaired) electrons. The number of aromatic nitrogens is 2. The van der Waals surface area contributed by atoms with Gasteiger partial charge in [-0.2, -0.15) is 0 Å². The van der Waals surface area contributed by atoms with Crippen molar-refractivity contribution in [3.05, 3.63) is 66.0 Å². The van der Waals surface area contributed by atoms with E-state index < -0.39 is 0 Å². The predicted molar refractivity (Wildman–Crippen MR) is 92.2 cm³/mol. The molecule has 0 bridgehead atoms. The van der Waals surface area contributed by atoms with Crippen LogP contribution in [0.15, 0.2) is 54.6 Å². The molecule has 0 saturated heterocycles. The normalized spacial score (nSPS) is 10.8. The monoisotopic (exact) mass is 307 g/mol. The molecule has 0 spiro atoms. The quantitative estimate of drug-likeness (QED) is 0.658. The molecule has 0 atom stereocenters. The fourth-order valence-corrected chi connectivity index (χ4v) is 2.61. The Balaban J connectivity index is 1.38. The molecule has 1 heterocycles. The molecule has 0 unspecified atom stereocenters. The van der Waals surface area contributed by atoms with Crippen molar-refractivity contribution in [2.45, 2.75) is 25.7 Å². The zero-order valence-electron chi connectivity index (χ0n) is 13.1. The third-order valence-electron chi connectivity index (χ3n) is 3.83. The van der Waals surface area contributed by atoms with E-state index in [0.717, 1.165) is 29.7 Å². The zero-order chi connectivity index (χ0) is 15.9. The van der Waals surface area contributed by atoms with Crippen LogP contribution >= 0.6 is 0 Å². The number of fused-ring (bicyclic) bond motifs is 1. The number of carbonyl (C=O) groups excluding carboxylic acids is 1. The molecule has 1 aromatic heterocycles. The number of H-pyrrole nitrogens is 1. The molecule has 2 aromatic carbocycles. The summed E-state index contributed by atoms with van der Waals surface area (Å²) in [6.07, 6.45) is 3.05. The van der Waals surface area contributed by atoms with Gasteiger partial charge in [-0.15, -0.1) is 0 Å². The van der Waals surface area contributed by atoms with E-state index in [1.165, 1.54) is 5.56 Å². The molecule has 2 N–H and O–H groups in total. The molecule has 4 heteroatoms. The van der Waals surface area contributed by atoms with Crippen molar-refractivity contribution in [3.8, 4) is 0 Å². The highest BCUT2D eigenvalue weighted by atomic mass is 16.1. The molecule has 0 aliphatic heterocycles.